The maximum absolute atomic E-state index is 4.81. The van der Waals surface area contributed by atoms with Crippen LogP contribution in [-0.4, -0.2) is 19.1 Å². The summed E-state index contributed by atoms with van der Waals surface area (Å²) in [5.74, 6) is 0. The third-order valence-electron chi connectivity index (χ3n) is 7.73. The fourth-order valence-electron chi connectivity index (χ4n) is 5.65. The molecular weight excluding hydrogens is 526 g/mol. The van der Waals surface area contributed by atoms with Gasteiger partial charge in [0.15, 0.2) is 0 Å². The Morgan fingerprint density at radius 1 is 0.488 bits per heavy atom. The van der Waals surface area contributed by atoms with Gasteiger partial charge in [0.05, 0.1) is 29.7 Å². The first-order valence-corrected chi connectivity index (χ1v) is 14.4. The summed E-state index contributed by atoms with van der Waals surface area (Å²) in [6.45, 7) is 4.28. The summed E-state index contributed by atoms with van der Waals surface area (Å²) in [6, 6.07) is 44.2. The van der Waals surface area contributed by atoms with Crippen LogP contribution in [0.1, 0.15) is 11.1 Å². The molecule has 0 N–H and O–H groups in total. The number of anilines is 3. The first-order valence-electron chi connectivity index (χ1n) is 14.4. The van der Waals surface area contributed by atoms with E-state index in [9.17, 15) is 0 Å². The summed E-state index contributed by atoms with van der Waals surface area (Å²) >= 11 is 0. The Morgan fingerprint density at radius 2 is 0.977 bits per heavy atom. The number of rotatable bonds is 7. The molecule has 2 heterocycles. The fraction of sp³-hybridized carbons (Fsp3) is 0.0526. The number of nitrogens with zero attached hydrogens (tertiary/aromatic N) is 5. The molecule has 0 aliphatic carbocycles. The topological polar surface area (TPSA) is 38.9 Å². The molecule has 0 saturated carbocycles. The molecular formula is C38H31N5. The van der Waals surface area contributed by atoms with Crippen molar-refractivity contribution in [2.45, 2.75) is 13.8 Å². The molecule has 0 aliphatic rings. The van der Waals surface area contributed by atoms with Crippen LogP contribution in [0.25, 0.3) is 33.9 Å². The van der Waals surface area contributed by atoms with E-state index in [0.717, 1.165) is 45.3 Å². The predicted octanol–water partition coefficient (Wildman–Crippen LogP) is 9.48. The molecule has 208 valence electrons. The smallest absolute Gasteiger partial charge is 0.0999 e. The number of benzene rings is 5. The molecule has 0 radical (unpaired) electrons. The van der Waals surface area contributed by atoms with E-state index in [-0.39, 0.29) is 0 Å². The van der Waals surface area contributed by atoms with Gasteiger partial charge in [-0.1, -0.05) is 78.9 Å². The second-order valence-corrected chi connectivity index (χ2v) is 10.7. The summed E-state index contributed by atoms with van der Waals surface area (Å²) in [5.41, 5.74) is 11.8. The number of aromatic nitrogens is 4. The van der Waals surface area contributed by atoms with Crippen molar-refractivity contribution >= 4 is 17.1 Å². The van der Waals surface area contributed by atoms with Crippen molar-refractivity contribution in [2.75, 3.05) is 4.90 Å². The van der Waals surface area contributed by atoms with Crippen LogP contribution in [0.15, 0.2) is 152 Å². The van der Waals surface area contributed by atoms with Gasteiger partial charge in [-0.2, -0.15) is 0 Å². The van der Waals surface area contributed by atoms with Gasteiger partial charge in [0.2, 0.25) is 0 Å². The van der Waals surface area contributed by atoms with Crippen molar-refractivity contribution in [3.05, 3.63) is 164 Å². The van der Waals surface area contributed by atoms with E-state index in [1.54, 1.807) is 0 Å². The molecule has 5 nitrogen and oxygen atoms in total. The van der Waals surface area contributed by atoms with Crippen LogP contribution >= 0.6 is 0 Å². The normalized spacial score (nSPS) is 11.0. The van der Waals surface area contributed by atoms with Gasteiger partial charge in [-0.15, -0.1) is 0 Å². The standard InChI is InChI=1S/C38H31N5/c1-28-12-9-13-29(2)38(28)42-25-37(40-27-42)31-15-11-21-35(23-31)43(33-18-7-4-8-19-33)34-20-10-14-30(22-34)36-24-41(26-39-36)32-16-5-3-6-17-32/h3-27H,1-2H3. The highest BCUT2D eigenvalue weighted by Crippen LogP contribution is 2.38. The van der Waals surface area contributed by atoms with Gasteiger partial charge < -0.3 is 14.0 Å². The summed E-state index contributed by atoms with van der Waals surface area (Å²) in [7, 11) is 0. The second-order valence-electron chi connectivity index (χ2n) is 10.7. The summed E-state index contributed by atoms with van der Waals surface area (Å²) in [6.07, 6.45) is 7.97. The third kappa shape index (κ3) is 5.24. The first kappa shape index (κ1) is 26.2. The molecule has 7 rings (SSSR count). The third-order valence-corrected chi connectivity index (χ3v) is 7.73. The number of imidazole rings is 2. The monoisotopic (exact) mass is 557 g/mol. The minimum absolute atomic E-state index is 0.921. The highest BCUT2D eigenvalue weighted by atomic mass is 15.1. The Bertz CT molecular complexity index is 1980. The zero-order valence-electron chi connectivity index (χ0n) is 24.2. The van der Waals surface area contributed by atoms with Crippen LogP contribution in [0, 0.1) is 13.8 Å². The van der Waals surface area contributed by atoms with Crippen LogP contribution in [0.2, 0.25) is 0 Å². The molecule has 0 fully saturated rings. The molecule has 0 aliphatic heterocycles. The van der Waals surface area contributed by atoms with Crippen molar-refractivity contribution < 1.29 is 0 Å². The van der Waals surface area contributed by atoms with E-state index in [1.807, 2.05) is 36.9 Å². The van der Waals surface area contributed by atoms with Crippen molar-refractivity contribution in [3.8, 4) is 33.9 Å². The lowest BCUT2D eigenvalue weighted by atomic mass is 10.1. The molecule has 7 aromatic rings. The lowest BCUT2D eigenvalue weighted by Crippen LogP contribution is -2.10. The number of aryl methyl sites for hydroxylation is 2. The van der Waals surface area contributed by atoms with Gasteiger partial charge in [0, 0.05) is 46.3 Å². The minimum Gasteiger partial charge on any atom is -0.310 e. The van der Waals surface area contributed by atoms with Crippen LogP contribution in [0.5, 0.6) is 0 Å². The van der Waals surface area contributed by atoms with Crippen molar-refractivity contribution in [1.29, 1.82) is 0 Å². The van der Waals surface area contributed by atoms with E-state index < -0.39 is 0 Å². The number of hydrogen-bond acceptors (Lipinski definition) is 3. The van der Waals surface area contributed by atoms with E-state index in [1.165, 1.54) is 16.8 Å². The van der Waals surface area contributed by atoms with Gasteiger partial charge >= 0.3 is 0 Å². The van der Waals surface area contributed by atoms with Crippen molar-refractivity contribution in [2.24, 2.45) is 0 Å². The maximum Gasteiger partial charge on any atom is 0.0999 e. The van der Waals surface area contributed by atoms with Crippen molar-refractivity contribution in [1.82, 2.24) is 19.1 Å². The predicted molar refractivity (Wildman–Crippen MR) is 176 cm³/mol. The molecule has 5 heteroatoms. The quantitative estimate of drug-likeness (QED) is 0.196. The molecule has 2 aromatic heterocycles. The molecule has 0 amide bonds. The van der Waals surface area contributed by atoms with Gasteiger partial charge in [-0.25, -0.2) is 9.97 Å². The van der Waals surface area contributed by atoms with Crippen molar-refractivity contribution in [3.63, 3.8) is 0 Å². The summed E-state index contributed by atoms with van der Waals surface area (Å²) in [5, 5.41) is 0. The lowest BCUT2D eigenvalue weighted by Gasteiger charge is -2.26. The average molecular weight is 558 g/mol. The van der Waals surface area contributed by atoms with Crippen LogP contribution < -0.4 is 4.90 Å². The van der Waals surface area contributed by atoms with E-state index in [2.05, 4.69) is 143 Å². The Hall–Kier alpha value is -5.68. The molecule has 5 aromatic carbocycles. The molecule has 0 bridgehead atoms. The SMILES string of the molecule is Cc1cccc(C)c1-n1cnc(-c2cccc(N(c3ccccc3)c3cccc(-c4cn(-c5ccccc5)cn4)c3)c2)c1. The number of para-hydroxylation sites is 3. The van der Waals surface area contributed by atoms with Crippen LogP contribution in [0.4, 0.5) is 17.1 Å². The Balaban J connectivity index is 1.27. The Labute approximate surface area is 252 Å². The minimum atomic E-state index is 0.921. The van der Waals surface area contributed by atoms with E-state index >= 15 is 0 Å². The highest BCUT2D eigenvalue weighted by molar-refractivity contribution is 5.81. The van der Waals surface area contributed by atoms with Gasteiger partial charge in [-0.05, 0) is 73.5 Å². The fourth-order valence-corrected chi connectivity index (χ4v) is 5.65. The van der Waals surface area contributed by atoms with Gasteiger partial charge in [0.25, 0.3) is 0 Å². The van der Waals surface area contributed by atoms with Gasteiger partial charge in [0.1, 0.15) is 0 Å². The van der Waals surface area contributed by atoms with E-state index in [4.69, 9.17) is 9.97 Å². The molecule has 0 unspecified atom stereocenters. The Kier molecular flexibility index (Phi) is 6.89. The average Bonchev–Trinajstić information content (AvgIpc) is 3.74. The zero-order valence-corrected chi connectivity index (χ0v) is 24.2. The van der Waals surface area contributed by atoms with E-state index in [0.29, 0.717) is 0 Å². The Morgan fingerprint density at radius 3 is 1.58 bits per heavy atom. The largest absolute Gasteiger partial charge is 0.310 e. The zero-order chi connectivity index (χ0) is 29.2. The second kappa shape index (κ2) is 11.3. The highest BCUT2D eigenvalue weighted by Gasteiger charge is 2.16. The molecule has 0 saturated heterocycles. The molecule has 0 atom stereocenters. The van der Waals surface area contributed by atoms with Crippen LogP contribution in [-0.2, 0) is 0 Å². The lowest BCUT2D eigenvalue weighted by molar-refractivity contribution is 1.02. The maximum atomic E-state index is 4.81. The van der Waals surface area contributed by atoms with Crippen LogP contribution in [0.3, 0.4) is 0 Å². The summed E-state index contributed by atoms with van der Waals surface area (Å²) in [4.78, 5) is 11.8. The number of hydrogen-bond donors (Lipinski definition) is 0. The molecule has 0 spiro atoms. The summed E-state index contributed by atoms with van der Waals surface area (Å²) < 4.78 is 4.18. The molecule has 43 heavy (non-hydrogen) atoms. The first-order chi connectivity index (χ1) is 21.1. The van der Waals surface area contributed by atoms with Gasteiger partial charge in [-0.3, -0.25) is 0 Å².